The molecule has 0 spiro atoms. The van der Waals surface area contributed by atoms with E-state index in [2.05, 4.69) is 30.5 Å². The van der Waals surface area contributed by atoms with Gasteiger partial charge in [-0.05, 0) is 157 Å². The predicted molar refractivity (Wildman–Crippen MR) is 286 cm³/mol. The maximum atomic E-state index is 13.5. The van der Waals surface area contributed by atoms with Crippen molar-refractivity contribution in [1.82, 2.24) is 45.2 Å². The predicted octanol–water partition coefficient (Wildman–Crippen LogP) is 9.62. The monoisotopic (exact) mass is 980 g/mol. The van der Waals surface area contributed by atoms with E-state index in [-0.39, 0.29) is 30.2 Å². The average Bonchev–Trinajstić information content (AvgIpc) is 3.79. The second-order valence-electron chi connectivity index (χ2n) is 20.5. The van der Waals surface area contributed by atoms with Crippen LogP contribution in [0.25, 0.3) is 32.7 Å². The molecule has 0 radical (unpaired) electrons. The summed E-state index contributed by atoms with van der Waals surface area (Å²) in [6.07, 6.45) is 0. The van der Waals surface area contributed by atoms with Gasteiger partial charge in [0.15, 0.2) is 0 Å². The second kappa shape index (κ2) is 21.3. The molecule has 0 saturated carbocycles. The molecule has 7 aromatic rings. The molecule has 0 unspecified atom stereocenters. The van der Waals surface area contributed by atoms with Crippen molar-refractivity contribution in [3.8, 4) is 0 Å². The van der Waals surface area contributed by atoms with Crippen molar-refractivity contribution in [3.05, 3.63) is 134 Å². The highest BCUT2D eigenvalue weighted by atomic mass is 16.4. The Morgan fingerprint density at radius 1 is 0.542 bits per heavy atom. The molecule has 4 heterocycles. The second-order valence-corrected chi connectivity index (χ2v) is 20.5. The molecule has 4 aromatic heterocycles. The number of hydrogen-bond donors (Lipinski definition) is 2. The normalized spacial score (nSPS) is 11.7. The largest absolute Gasteiger partial charge is 0.423 e. The summed E-state index contributed by atoms with van der Waals surface area (Å²) in [6, 6.07) is 17.8. The highest BCUT2D eigenvalue weighted by molar-refractivity contribution is 6.10. The van der Waals surface area contributed by atoms with Gasteiger partial charge < -0.3 is 29.5 Å². The number of aliphatic hydroxyl groups is 1. The molecule has 0 saturated heterocycles. The summed E-state index contributed by atoms with van der Waals surface area (Å²) in [5.74, 6) is 0.326. The van der Waals surface area contributed by atoms with Gasteiger partial charge in [0.25, 0.3) is 17.7 Å². The maximum absolute atomic E-state index is 13.5. The first-order valence-electron chi connectivity index (χ1n) is 24.0. The van der Waals surface area contributed by atoms with Gasteiger partial charge in [0, 0.05) is 68.4 Å². The molecule has 15 nitrogen and oxygen atoms in total. The van der Waals surface area contributed by atoms with Crippen molar-refractivity contribution in [2.45, 2.75) is 127 Å². The average molecular weight is 980 g/mol. The highest BCUT2D eigenvalue weighted by Gasteiger charge is 2.38. The highest BCUT2D eigenvalue weighted by Crippen LogP contribution is 2.32. The first kappa shape index (κ1) is 55.8. The van der Waals surface area contributed by atoms with Crippen LogP contribution < -0.4 is 5.32 Å². The van der Waals surface area contributed by atoms with Gasteiger partial charge in [-0.1, -0.05) is 34.9 Å². The first-order valence-corrected chi connectivity index (χ1v) is 24.0. The summed E-state index contributed by atoms with van der Waals surface area (Å²) < 4.78 is 5.59. The third kappa shape index (κ3) is 11.0. The summed E-state index contributed by atoms with van der Waals surface area (Å²) in [7, 11) is 6.73. The molecule has 3 aromatic carbocycles. The van der Waals surface area contributed by atoms with Gasteiger partial charge in [0.05, 0.1) is 45.4 Å². The van der Waals surface area contributed by atoms with Gasteiger partial charge in [-0.25, -0.2) is 0 Å². The molecule has 382 valence electrons. The van der Waals surface area contributed by atoms with Crippen molar-refractivity contribution < 1.29 is 28.7 Å². The standard InChI is InChI=1S/C20H24N4O2.C19H25N3O2.C18H24N2O2/c1-11-8-9-16-15(10-11)17(12(2)13(3)21-16)18(25)24(7)20(5,6)19-23-22-14(4)26-19;1-11-8-9-15-14(10-11)16(12(2)13(3)21-15)17(23)22(7)19(4,5)18(24)20-6;1-11-7-8-15-14(9-11)16(12(2)13(3)19-15)17(22)20(6)18(4,5)10-21/h8-10H,1-7H3;8-10H,1-7H3,(H,20,24);7-9,21H,10H2,1-6H3. The van der Waals surface area contributed by atoms with E-state index in [4.69, 9.17) is 4.42 Å². The van der Waals surface area contributed by atoms with Crippen LogP contribution in [-0.2, 0) is 10.3 Å². The number of aliphatic hydroxyl groups excluding tert-OH is 1. The van der Waals surface area contributed by atoms with Gasteiger partial charge in [-0.15, -0.1) is 10.2 Å². The third-order valence-electron chi connectivity index (χ3n) is 14.2. The van der Waals surface area contributed by atoms with Gasteiger partial charge in [0.2, 0.25) is 17.7 Å². The van der Waals surface area contributed by atoms with Crippen LogP contribution in [0.3, 0.4) is 0 Å². The molecule has 0 fully saturated rings. The lowest BCUT2D eigenvalue weighted by molar-refractivity contribution is -0.129. The molecule has 0 bridgehead atoms. The lowest BCUT2D eigenvalue weighted by atomic mass is 9.96. The topological polar surface area (TPSA) is 188 Å². The Balaban J connectivity index is 0.000000201. The number of aromatic nitrogens is 5. The summed E-state index contributed by atoms with van der Waals surface area (Å²) >= 11 is 0. The van der Waals surface area contributed by atoms with Crippen LogP contribution >= 0.6 is 0 Å². The molecule has 15 heteroatoms. The third-order valence-corrected chi connectivity index (χ3v) is 14.2. The van der Waals surface area contributed by atoms with E-state index < -0.39 is 16.6 Å². The minimum atomic E-state index is -0.953. The smallest absolute Gasteiger partial charge is 0.255 e. The zero-order chi connectivity index (χ0) is 54.1. The van der Waals surface area contributed by atoms with Gasteiger partial charge in [0.1, 0.15) is 11.1 Å². The zero-order valence-corrected chi connectivity index (χ0v) is 46.0. The zero-order valence-electron chi connectivity index (χ0n) is 46.0. The Bertz CT molecular complexity index is 3240. The number of nitrogens with zero attached hydrogens (tertiary/aromatic N) is 8. The molecule has 0 aliphatic rings. The number of likely N-dealkylation sites (N-methyl/N-ethyl adjacent to an activating group) is 3. The number of hydrogen-bond acceptors (Lipinski definition) is 11. The lowest BCUT2D eigenvalue weighted by Crippen LogP contribution is -2.54. The quantitative estimate of drug-likeness (QED) is 0.140. The maximum Gasteiger partial charge on any atom is 0.255 e. The number of fused-ring (bicyclic) bond motifs is 3. The molecule has 2 N–H and O–H groups in total. The van der Waals surface area contributed by atoms with E-state index in [1.54, 1.807) is 58.8 Å². The number of amides is 4. The van der Waals surface area contributed by atoms with Crippen molar-refractivity contribution in [3.63, 3.8) is 0 Å². The minimum absolute atomic E-state index is 0.0855. The Morgan fingerprint density at radius 3 is 1.21 bits per heavy atom. The van der Waals surface area contributed by atoms with E-state index in [9.17, 15) is 24.3 Å². The fraction of sp³-hybridized carbons (Fsp3) is 0.421. The molecular weight excluding hydrogens is 907 g/mol. The molecule has 0 aliphatic heterocycles. The van der Waals surface area contributed by atoms with Crippen molar-refractivity contribution in [2.24, 2.45) is 0 Å². The van der Waals surface area contributed by atoms with Crippen molar-refractivity contribution >= 4 is 56.3 Å². The van der Waals surface area contributed by atoms with Crippen LogP contribution in [0.1, 0.15) is 135 Å². The summed E-state index contributed by atoms with van der Waals surface area (Å²) in [4.78, 5) is 70.5. The molecule has 72 heavy (non-hydrogen) atoms. The van der Waals surface area contributed by atoms with E-state index >= 15 is 0 Å². The minimum Gasteiger partial charge on any atom is -0.423 e. The summed E-state index contributed by atoms with van der Waals surface area (Å²) in [5.41, 5.74) is 10.5. The molecule has 0 aliphatic carbocycles. The number of benzene rings is 3. The first-order chi connectivity index (χ1) is 33.4. The number of pyridine rings is 3. The Kier molecular flexibility index (Phi) is 16.5. The van der Waals surface area contributed by atoms with Crippen LogP contribution in [0, 0.1) is 69.2 Å². The van der Waals surface area contributed by atoms with Crippen LogP contribution in [-0.4, -0.2) is 114 Å². The Labute approximate surface area is 424 Å². The van der Waals surface area contributed by atoms with E-state index in [0.717, 1.165) is 83.2 Å². The summed E-state index contributed by atoms with van der Waals surface area (Å²) in [5, 5.41) is 22.7. The molecule has 0 atom stereocenters. The van der Waals surface area contributed by atoms with Crippen LogP contribution in [0.5, 0.6) is 0 Å². The van der Waals surface area contributed by atoms with E-state index in [1.165, 1.54) is 4.90 Å². The van der Waals surface area contributed by atoms with Crippen LogP contribution in [0.2, 0.25) is 0 Å². The van der Waals surface area contributed by atoms with Gasteiger partial charge in [-0.2, -0.15) is 0 Å². The molecule has 7 rings (SSSR count). The lowest BCUT2D eigenvalue weighted by Gasteiger charge is -2.34. The fourth-order valence-corrected chi connectivity index (χ4v) is 8.15. The van der Waals surface area contributed by atoms with Gasteiger partial charge >= 0.3 is 0 Å². The number of rotatable bonds is 9. The number of nitrogens with one attached hydrogen (secondary N) is 1. The molecule has 4 amide bonds. The Hall–Kier alpha value is -7.13. The number of aryl methyl sites for hydroxylation is 7. The number of carbonyl (C=O) groups excluding carboxylic acids is 4. The SMILES string of the molecule is CNC(=O)C(C)(C)N(C)C(=O)c1c(C)c(C)nc2ccc(C)cc12.Cc1ccc2nc(C)c(C)c(C(=O)N(C)C(C)(C)CO)c2c1.Cc1ccc2nc(C)c(C)c(C(=O)N(C)C(C)(C)c3nnc(C)o3)c2c1. The van der Waals surface area contributed by atoms with E-state index in [0.29, 0.717) is 28.5 Å². The van der Waals surface area contributed by atoms with Gasteiger partial charge in [-0.3, -0.25) is 34.1 Å². The fourth-order valence-electron chi connectivity index (χ4n) is 8.15. The Morgan fingerprint density at radius 2 is 0.889 bits per heavy atom. The van der Waals surface area contributed by atoms with Crippen LogP contribution in [0.4, 0.5) is 0 Å². The van der Waals surface area contributed by atoms with Crippen LogP contribution in [0.15, 0.2) is 59.0 Å². The summed E-state index contributed by atoms with van der Waals surface area (Å²) in [6.45, 7) is 30.1. The van der Waals surface area contributed by atoms with E-state index in [1.807, 2.05) is 145 Å². The van der Waals surface area contributed by atoms with Crippen molar-refractivity contribution in [1.29, 1.82) is 0 Å². The molecular formula is C57H73N9O6. The number of carbonyl (C=O) groups is 4. The van der Waals surface area contributed by atoms with Crippen molar-refractivity contribution in [2.75, 3.05) is 34.8 Å².